The second-order valence-electron chi connectivity index (χ2n) is 7.08. The summed E-state index contributed by atoms with van der Waals surface area (Å²) in [6.07, 6.45) is 1.74. The lowest BCUT2D eigenvalue weighted by atomic mass is 9.96. The number of carbonyl (C=O) groups excluding carboxylic acids is 3. The van der Waals surface area contributed by atoms with Crippen LogP contribution in [-0.2, 0) is 0 Å². The van der Waals surface area contributed by atoms with Crippen molar-refractivity contribution in [1.29, 1.82) is 0 Å². The monoisotopic (exact) mass is 382 g/mol. The van der Waals surface area contributed by atoms with Gasteiger partial charge < -0.3 is 10.2 Å². The van der Waals surface area contributed by atoms with Gasteiger partial charge in [0.05, 0.1) is 5.56 Å². The van der Waals surface area contributed by atoms with Crippen molar-refractivity contribution in [1.82, 2.24) is 10.2 Å². The Kier molecular flexibility index (Phi) is 6.19. The summed E-state index contributed by atoms with van der Waals surface area (Å²) in [6.45, 7) is 3.05. The van der Waals surface area contributed by atoms with E-state index in [0.29, 0.717) is 36.3 Å². The van der Waals surface area contributed by atoms with Gasteiger partial charge in [-0.05, 0) is 56.0 Å². The number of nitrogens with zero attached hydrogens (tertiary/aromatic N) is 1. The molecule has 2 aromatic rings. The fourth-order valence-electron chi connectivity index (χ4n) is 3.50. The third kappa shape index (κ3) is 4.63. The number of benzene rings is 2. The summed E-state index contributed by atoms with van der Waals surface area (Å²) in [5.41, 5.74) is 1.26. The van der Waals surface area contributed by atoms with Crippen molar-refractivity contribution in [3.8, 4) is 0 Å². The highest BCUT2D eigenvalue weighted by Crippen LogP contribution is 2.20. The van der Waals surface area contributed by atoms with Crippen LogP contribution < -0.4 is 5.32 Å². The summed E-state index contributed by atoms with van der Waals surface area (Å²) in [7, 11) is 0. The van der Waals surface area contributed by atoms with Gasteiger partial charge in [0.25, 0.3) is 11.8 Å². The van der Waals surface area contributed by atoms with Crippen molar-refractivity contribution in [2.75, 3.05) is 19.6 Å². The lowest BCUT2D eigenvalue weighted by molar-refractivity contribution is 0.0667. The van der Waals surface area contributed by atoms with E-state index in [0.717, 1.165) is 12.8 Å². The molecule has 0 radical (unpaired) electrons. The van der Waals surface area contributed by atoms with Gasteiger partial charge in [0.2, 0.25) is 0 Å². The third-order valence-electron chi connectivity index (χ3n) is 5.00. The van der Waals surface area contributed by atoms with E-state index in [2.05, 4.69) is 5.32 Å². The van der Waals surface area contributed by atoms with Crippen LogP contribution in [-0.4, -0.2) is 42.1 Å². The second kappa shape index (κ2) is 8.78. The predicted octanol–water partition coefficient (Wildman–Crippen LogP) is 3.31. The first-order valence-corrected chi connectivity index (χ1v) is 9.38. The van der Waals surface area contributed by atoms with Gasteiger partial charge in [-0.2, -0.15) is 0 Å². The summed E-state index contributed by atoms with van der Waals surface area (Å²) in [6, 6.07) is 12.2. The van der Waals surface area contributed by atoms with Gasteiger partial charge in [0.1, 0.15) is 5.82 Å². The summed E-state index contributed by atoms with van der Waals surface area (Å²) >= 11 is 0. The quantitative estimate of drug-likeness (QED) is 0.807. The molecule has 146 valence electrons. The molecular formula is C22H23FN2O3. The topological polar surface area (TPSA) is 66.5 Å². The maximum atomic E-state index is 13.0. The van der Waals surface area contributed by atoms with Crippen LogP contribution in [0.5, 0.6) is 0 Å². The first kappa shape index (κ1) is 19.7. The number of amides is 2. The molecule has 1 atom stereocenters. The second-order valence-corrected chi connectivity index (χ2v) is 7.08. The predicted molar refractivity (Wildman–Crippen MR) is 104 cm³/mol. The fourth-order valence-corrected chi connectivity index (χ4v) is 3.50. The van der Waals surface area contributed by atoms with E-state index in [1.54, 1.807) is 29.2 Å². The van der Waals surface area contributed by atoms with Crippen molar-refractivity contribution in [3.05, 3.63) is 71.0 Å². The van der Waals surface area contributed by atoms with Gasteiger partial charge in [-0.25, -0.2) is 4.39 Å². The normalized spacial score (nSPS) is 16.5. The number of halogens is 1. The Balaban J connectivity index is 1.61. The number of carbonyl (C=O) groups is 3. The van der Waals surface area contributed by atoms with E-state index >= 15 is 0 Å². The van der Waals surface area contributed by atoms with Gasteiger partial charge in [-0.1, -0.05) is 18.2 Å². The summed E-state index contributed by atoms with van der Waals surface area (Å²) in [5, 5.41) is 2.86. The number of hydrogen-bond donors (Lipinski definition) is 1. The Morgan fingerprint density at radius 1 is 1.07 bits per heavy atom. The van der Waals surface area contributed by atoms with E-state index in [9.17, 15) is 18.8 Å². The minimum absolute atomic E-state index is 0.131. The smallest absolute Gasteiger partial charge is 0.254 e. The Morgan fingerprint density at radius 3 is 2.43 bits per heavy atom. The standard InChI is InChI=1S/C22H23FN2O3/c1-15(26)19-6-2-3-7-20(19)22(28)25-12-4-5-16(14-25)13-24-21(27)17-8-10-18(23)11-9-17/h2-3,6-11,16H,4-5,12-14H2,1H3,(H,24,27)/t16-/m1/s1. The molecule has 0 bridgehead atoms. The number of hydrogen-bond acceptors (Lipinski definition) is 3. The van der Waals surface area contributed by atoms with Crippen LogP contribution in [0.25, 0.3) is 0 Å². The molecule has 0 unspecified atom stereocenters. The van der Waals surface area contributed by atoms with Crippen LogP contribution in [0.15, 0.2) is 48.5 Å². The largest absolute Gasteiger partial charge is 0.352 e. The molecule has 3 rings (SSSR count). The zero-order valence-corrected chi connectivity index (χ0v) is 15.8. The Labute approximate surface area is 163 Å². The van der Waals surface area contributed by atoms with E-state index in [-0.39, 0.29) is 29.3 Å². The number of likely N-dealkylation sites (tertiary alicyclic amines) is 1. The van der Waals surface area contributed by atoms with Crippen LogP contribution >= 0.6 is 0 Å². The molecule has 2 amide bonds. The number of nitrogens with one attached hydrogen (secondary N) is 1. The Morgan fingerprint density at radius 2 is 1.75 bits per heavy atom. The molecule has 1 aliphatic heterocycles. The van der Waals surface area contributed by atoms with Gasteiger partial charge in [-0.3, -0.25) is 14.4 Å². The van der Waals surface area contributed by atoms with Crippen LogP contribution in [0.1, 0.15) is 50.8 Å². The Bertz CT molecular complexity index is 880. The molecule has 0 saturated carbocycles. The van der Waals surface area contributed by atoms with E-state index in [4.69, 9.17) is 0 Å². The van der Waals surface area contributed by atoms with Crippen LogP contribution in [0.3, 0.4) is 0 Å². The zero-order valence-electron chi connectivity index (χ0n) is 15.8. The average Bonchev–Trinajstić information content (AvgIpc) is 2.72. The molecule has 1 fully saturated rings. The maximum Gasteiger partial charge on any atom is 0.254 e. The van der Waals surface area contributed by atoms with Gasteiger partial charge in [0, 0.05) is 30.8 Å². The molecule has 0 spiro atoms. The fraction of sp³-hybridized carbons (Fsp3) is 0.318. The molecule has 1 saturated heterocycles. The highest BCUT2D eigenvalue weighted by atomic mass is 19.1. The van der Waals surface area contributed by atoms with Crippen LogP contribution in [0.4, 0.5) is 4.39 Å². The van der Waals surface area contributed by atoms with Crippen molar-refractivity contribution in [2.24, 2.45) is 5.92 Å². The first-order chi connectivity index (χ1) is 13.5. The van der Waals surface area contributed by atoms with Crippen molar-refractivity contribution < 1.29 is 18.8 Å². The number of piperidine rings is 1. The lowest BCUT2D eigenvalue weighted by Gasteiger charge is -2.33. The van der Waals surface area contributed by atoms with Gasteiger partial charge >= 0.3 is 0 Å². The lowest BCUT2D eigenvalue weighted by Crippen LogP contribution is -2.44. The van der Waals surface area contributed by atoms with Gasteiger partial charge in [0.15, 0.2) is 5.78 Å². The molecular weight excluding hydrogens is 359 g/mol. The van der Waals surface area contributed by atoms with E-state index in [1.165, 1.54) is 31.2 Å². The first-order valence-electron chi connectivity index (χ1n) is 9.38. The number of Topliss-reactive ketones (excluding diaryl/α,β-unsaturated/α-hetero) is 1. The summed E-state index contributed by atoms with van der Waals surface area (Å²) in [5.74, 6) is -0.801. The van der Waals surface area contributed by atoms with Crippen molar-refractivity contribution in [2.45, 2.75) is 19.8 Å². The van der Waals surface area contributed by atoms with Crippen molar-refractivity contribution in [3.63, 3.8) is 0 Å². The number of ketones is 1. The molecule has 0 aromatic heterocycles. The van der Waals surface area contributed by atoms with E-state index in [1.807, 2.05) is 0 Å². The van der Waals surface area contributed by atoms with Crippen LogP contribution in [0.2, 0.25) is 0 Å². The minimum atomic E-state index is -0.385. The highest BCUT2D eigenvalue weighted by Gasteiger charge is 2.26. The summed E-state index contributed by atoms with van der Waals surface area (Å²) < 4.78 is 13.0. The maximum absolute atomic E-state index is 13.0. The van der Waals surface area contributed by atoms with Gasteiger partial charge in [-0.15, -0.1) is 0 Å². The molecule has 5 nitrogen and oxygen atoms in total. The molecule has 28 heavy (non-hydrogen) atoms. The molecule has 0 aliphatic carbocycles. The Hall–Kier alpha value is -3.02. The third-order valence-corrected chi connectivity index (χ3v) is 5.00. The minimum Gasteiger partial charge on any atom is -0.352 e. The number of rotatable bonds is 5. The molecule has 1 aliphatic rings. The molecule has 6 heteroatoms. The molecule has 1 heterocycles. The van der Waals surface area contributed by atoms with Crippen LogP contribution in [0, 0.1) is 11.7 Å². The SMILES string of the molecule is CC(=O)c1ccccc1C(=O)N1CCC[C@H](CNC(=O)c2ccc(F)cc2)C1. The zero-order chi connectivity index (χ0) is 20.1. The average molecular weight is 382 g/mol. The summed E-state index contributed by atoms with van der Waals surface area (Å²) in [4.78, 5) is 38.7. The van der Waals surface area contributed by atoms with Crippen molar-refractivity contribution >= 4 is 17.6 Å². The highest BCUT2D eigenvalue weighted by molar-refractivity contribution is 6.07. The van der Waals surface area contributed by atoms with E-state index < -0.39 is 0 Å². The molecule has 2 aromatic carbocycles. The molecule has 1 N–H and O–H groups in total.